The van der Waals surface area contributed by atoms with E-state index in [1.165, 1.54) is 12.1 Å². The molecule has 0 aliphatic heterocycles. The molecule has 5 heteroatoms. The van der Waals surface area contributed by atoms with Crippen LogP contribution < -0.4 is 4.74 Å². The second-order valence-electron chi connectivity index (χ2n) is 3.82. The van der Waals surface area contributed by atoms with E-state index in [4.69, 9.17) is 4.74 Å². The Morgan fingerprint density at radius 2 is 1.89 bits per heavy atom. The third-order valence-corrected chi connectivity index (χ3v) is 3.12. The number of halogens is 2. The molecule has 0 fully saturated rings. The summed E-state index contributed by atoms with van der Waals surface area (Å²) in [5.41, 5.74) is 0.492. The molecular formula is C14H10BrFO3. The fraction of sp³-hybridized carbons (Fsp3) is 0.0714. The predicted octanol–water partition coefficient (Wildman–Crippen LogP) is 3.79. The largest absolute Gasteiger partial charge is 0.478 e. The Hall–Kier alpha value is -1.88. The molecule has 1 unspecified atom stereocenters. The summed E-state index contributed by atoms with van der Waals surface area (Å²) in [5, 5.41) is 9.21. The molecule has 0 aliphatic carbocycles. The summed E-state index contributed by atoms with van der Waals surface area (Å²) in [4.78, 5) is 11.3. The van der Waals surface area contributed by atoms with E-state index in [1.54, 1.807) is 30.3 Å². The summed E-state index contributed by atoms with van der Waals surface area (Å²) in [7, 11) is 0. The molecule has 3 nitrogen and oxygen atoms in total. The number of hydrogen-bond acceptors (Lipinski definition) is 2. The minimum Gasteiger partial charge on any atom is -0.478 e. The third kappa shape index (κ3) is 3.32. The molecule has 2 rings (SSSR count). The standard InChI is InChI=1S/C14H10BrFO3/c15-11-7-6-10(16)8-12(11)19-13(14(17)18)9-4-2-1-3-5-9/h1-8,13H,(H,17,18). The molecule has 19 heavy (non-hydrogen) atoms. The first-order chi connectivity index (χ1) is 9.08. The summed E-state index contributed by atoms with van der Waals surface area (Å²) >= 11 is 3.20. The van der Waals surface area contributed by atoms with Crippen LogP contribution in [-0.2, 0) is 4.79 Å². The van der Waals surface area contributed by atoms with Crippen molar-refractivity contribution < 1.29 is 19.0 Å². The average molecular weight is 325 g/mol. The van der Waals surface area contributed by atoms with Gasteiger partial charge in [0.25, 0.3) is 0 Å². The molecule has 0 aliphatic rings. The second kappa shape index (κ2) is 5.84. The molecule has 1 atom stereocenters. The van der Waals surface area contributed by atoms with Gasteiger partial charge >= 0.3 is 5.97 Å². The lowest BCUT2D eigenvalue weighted by Crippen LogP contribution is -2.18. The fourth-order valence-electron chi connectivity index (χ4n) is 1.58. The normalized spacial score (nSPS) is 11.9. The SMILES string of the molecule is O=C(O)C(Oc1cc(F)ccc1Br)c1ccccc1. The Kier molecular flexibility index (Phi) is 4.16. The van der Waals surface area contributed by atoms with E-state index in [0.717, 1.165) is 6.07 Å². The van der Waals surface area contributed by atoms with Crippen LogP contribution in [0.4, 0.5) is 4.39 Å². The van der Waals surface area contributed by atoms with Crippen LogP contribution in [0.25, 0.3) is 0 Å². The highest BCUT2D eigenvalue weighted by molar-refractivity contribution is 9.10. The van der Waals surface area contributed by atoms with E-state index in [9.17, 15) is 14.3 Å². The van der Waals surface area contributed by atoms with Gasteiger partial charge in [0.15, 0.2) is 0 Å². The number of aliphatic carboxylic acids is 1. The molecule has 0 aromatic heterocycles. The van der Waals surface area contributed by atoms with Crippen molar-refractivity contribution in [3.63, 3.8) is 0 Å². The van der Waals surface area contributed by atoms with Crippen molar-refractivity contribution in [2.45, 2.75) is 6.10 Å². The van der Waals surface area contributed by atoms with Crippen LogP contribution >= 0.6 is 15.9 Å². The van der Waals surface area contributed by atoms with Gasteiger partial charge in [0.2, 0.25) is 6.10 Å². The molecule has 1 N–H and O–H groups in total. The number of carbonyl (C=O) groups is 1. The van der Waals surface area contributed by atoms with Crippen LogP contribution in [0.3, 0.4) is 0 Å². The Labute approximate surface area is 117 Å². The first kappa shape index (κ1) is 13.5. The number of carboxylic acids is 1. The fourth-order valence-corrected chi connectivity index (χ4v) is 1.92. The van der Waals surface area contributed by atoms with Gasteiger partial charge in [-0.25, -0.2) is 9.18 Å². The first-order valence-corrected chi connectivity index (χ1v) is 6.26. The van der Waals surface area contributed by atoms with Gasteiger partial charge in [-0.2, -0.15) is 0 Å². The summed E-state index contributed by atoms with van der Waals surface area (Å²) in [5.74, 6) is -1.48. The summed E-state index contributed by atoms with van der Waals surface area (Å²) in [6.45, 7) is 0. The van der Waals surface area contributed by atoms with Gasteiger partial charge in [0, 0.05) is 11.6 Å². The Morgan fingerprint density at radius 1 is 1.21 bits per heavy atom. The van der Waals surface area contributed by atoms with Crippen LogP contribution in [0.1, 0.15) is 11.7 Å². The topological polar surface area (TPSA) is 46.5 Å². The third-order valence-electron chi connectivity index (χ3n) is 2.46. The number of rotatable bonds is 4. The van der Waals surface area contributed by atoms with E-state index in [1.807, 2.05) is 0 Å². The van der Waals surface area contributed by atoms with Gasteiger partial charge in [-0.15, -0.1) is 0 Å². The highest BCUT2D eigenvalue weighted by Crippen LogP contribution is 2.30. The van der Waals surface area contributed by atoms with E-state index < -0.39 is 17.9 Å². The molecule has 0 heterocycles. The zero-order valence-electron chi connectivity index (χ0n) is 9.72. The molecule has 0 spiro atoms. The molecule has 0 saturated heterocycles. The number of ether oxygens (including phenoxy) is 1. The minimum atomic E-state index is -1.18. The molecule has 0 radical (unpaired) electrons. The lowest BCUT2D eigenvalue weighted by atomic mass is 10.1. The van der Waals surface area contributed by atoms with Crippen LogP contribution in [-0.4, -0.2) is 11.1 Å². The van der Waals surface area contributed by atoms with Crippen molar-refractivity contribution in [1.29, 1.82) is 0 Å². The molecule has 98 valence electrons. The van der Waals surface area contributed by atoms with E-state index >= 15 is 0 Å². The van der Waals surface area contributed by atoms with Gasteiger partial charge in [0.1, 0.15) is 11.6 Å². The van der Waals surface area contributed by atoms with E-state index in [2.05, 4.69) is 15.9 Å². The number of carboxylic acid groups (broad SMARTS) is 1. The lowest BCUT2D eigenvalue weighted by molar-refractivity contribution is -0.145. The smallest absolute Gasteiger partial charge is 0.349 e. The minimum absolute atomic E-state index is 0.149. The van der Waals surface area contributed by atoms with Gasteiger partial charge in [0.05, 0.1) is 4.47 Å². The Morgan fingerprint density at radius 3 is 2.53 bits per heavy atom. The van der Waals surface area contributed by atoms with Crippen LogP contribution in [0.5, 0.6) is 5.75 Å². The van der Waals surface area contributed by atoms with Crippen molar-refractivity contribution >= 4 is 21.9 Å². The van der Waals surface area contributed by atoms with Crippen molar-refractivity contribution in [1.82, 2.24) is 0 Å². The van der Waals surface area contributed by atoms with Crippen LogP contribution in [0, 0.1) is 5.82 Å². The molecule has 0 bridgehead atoms. The zero-order valence-corrected chi connectivity index (χ0v) is 11.3. The second-order valence-corrected chi connectivity index (χ2v) is 4.68. The summed E-state index contributed by atoms with van der Waals surface area (Å²) < 4.78 is 19.0. The van der Waals surface area contributed by atoms with Gasteiger partial charge in [-0.1, -0.05) is 30.3 Å². The maximum Gasteiger partial charge on any atom is 0.349 e. The Bertz CT molecular complexity index is 586. The predicted molar refractivity (Wildman–Crippen MR) is 71.5 cm³/mol. The number of hydrogen-bond donors (Lipinski definition) is 1. The van der Waals surface area contributed by atoms with Crippen molar-refractivity contribution in [3.8, 4) is 5.75 Å². The van der Waals surface area contributed by atoms with Gasteiger partial charge < -0.3 is 9.84 Å². The highest BCUT2D eigenvalue weighted by Gasteiger charge is 2.22. The molecular weight excluding hydrogens is 315 g/mol. The van der Waals surface area contributed by atoms with E-state index in [0.29, 0.717) is 10.0 Å². The molecule has 0 saturated carbocycles. The molecule has 2 aromatic rings. The van der Waals surface area contributed by atoms with Crippen LogP contribution in [0.15, 0.2) is 53.0 Å². The summed E-state index contributed by atoms with van der Waals surface area (Å²) in [6, 6.07) is 12.4. The maximum atomic E-state index is 13.2. The first-order valence-electron chi connectivity index (χ1n) is 5.47. The molecule has 2 aromatic carbocycles. The van der Waals surface area contributed by atoms with Crippen molar-refractivity contribution in [2.24, 2.45) is 0 Å². The molecule has 0 amide bonds. The van der Waals surface area contributed by atoms with E-state index in [-0.39, 0.29) is 5.75 Å². The average Bonchev–Trinajstić information content (AvgIpc) is 2.40. The Balaban J connectivity index is 2.32. The summed E-state index contributed by atoms with van der Waals surface area (Å²) in [6.07, 6.45) is -1.18. The number of benzene rings is 2. The lowest BCUT2D eigenvalue weighted by Gasteiger charge is -2.16. The van der Waals surface area contributed by atoms with Crippen LogP contribution in [0.2, 0.25) is 0 Å². The van der Waals surface area contributed by atoms with Gasteiger partial charge in [-0.3, -0.25) is 0 Å². The quantitative estimate of drug-likeness (QED) is 0.930. The van der Waals surface area contributed by atoms with Crippen molar-refractivity contribution in [2.75, 3.05) is 0 Å². The van der Waals surface area contributed by atoms with Gasteiger partial charge in [-0.05, 0) is 28.1 Å². The maximum absolute atomic E-state index is 13.2. The van der Waals surface area contributed by atoms with Crippen molar-refractivity contribution in [3.05, 3.63) is 64.4 Å². The monoisotopic (exact) mass is 324 g/mol. The zero-order chi connectivity index (χ0) is 13.8. The highest BCUT2D eigenvalue weighted by atomic mass is 79.9.